The van der Waals surface area contributed by atoms with Crippen LogP contribution in [0.1, 0.15) is 64.1 Å². The van der Waals surface area contributed by atoms with Gasteiger partial charge in [0.1, 0.15) is 5.54 Å². The van der Waals surface area contributed by atoms with Crippen molar-refractivity contribution in [3.8, 4) is 0 Å². The van der Waals surface area contributed by atoms with E-state index >= 15 is 0 Å². The van der Waals surface area contributed by atoms with Gasteiger partial charge in [0.2, 0.25) is 6.08 Å². The van der Waals surface area contributed by atoms with Crippen molar-refractivity contribution >= 4 is 46.7 Å². The Morgan fingerprint density at radius 2 is 2.05 bits per heavy atom. The van der Waals surface area contributed by atoms with E-state index in [1.807, 2.05) is 12.1 Å². The Kier molecular flexibility index (Phi) is 7.45. The molecule has 2 fully saturated rings. The number of nitrogens with zero attached hydrogens (tertiary/aromatic N) is 1. The van der Waals surface area contributed by atoms with E-state index in [1.165, 1.54) is 23.5 Å². The Bertz CT molecular complexity index is 1400. The minimum absolute atomic E-state index is 0.0981. The number of hydrogen-bond acceptors (Lipinski definition) is 7. The summed E-state index contributed by atoms with van der Waals surface area (Å²) in [6.45, 7) is 0.775. The Balaban J connectivity index is 1.54. The van der Waals surface area contributed by atoms with Crippen LogP contribution in [0.3, 0.4) is 0 Å². The van der Waals surface area contributed by atoms with Crippen LogP contribution in [0, 0.1) is 0 Å². The maximum atomic E-state index is 13.8. The van der Waals surface area contributed by atoms with Gasteiger partial charge in [0.25, 0.3) is 5.91 Å². The summed E-state index contributed by atoms with van der Waals surface area (Å²) in [5.74, 6) is -2.14. The first kappa shape index (κ1) is 26.3. The van der Waals surface area contributed by atoms with Gasteiger partial charge in [-0.15, -0.1) is 11.3 Å². The first-order chi connectivity index (χ1) is 18.3. The first-order valence-electron chi connectivity index (χ1n) is 12.4. The molecule has 8 nitrogen and oxygen atoms in total. The normalized spacial score (nSPS) is 24.9. The van der Waals surface area contributed by atoms with Gasteiger partial charge in [-0.05, 0) is 78.1 Å². The molecule has 3 unspecified atom stereocenters. The van der Waals surface area contributed by atoms with E-state index in [0.717, 1.165) is 30.5 Å². The lowest BCUT2D eigenvalue weighted by Crippen LogP contribution is -2.58. The molecule has 3 atom stereocenters. The molecule has 0 bridgehead atoms. The van der Waals surface area contributed by atoms with Crippen LogP contribution in [0.4, 0.5) is 0 Å². The third-order valence-corrected chi connectivity index (χ3v) is 8.63. The topological polar surface area (TPSA) is 125 Å². The lowest BCUT2D eigenvalue weighted by molar-refractivity contribution is -0.133. The summed E-state index contributed by atoms with van der Waals surface area (Å²) in [7, 11) is 0. The Hall–Kier alpha value is -3.36. The van der Waals surface area contributed by atoms with Crippen LogP contribution >= 0.6 is 22.9 Å². The second-order valence-electron chi connectivity index (χ2n) is 9.87. The van der Waals surface area contributed by atoms with E-state index in [0.29, 0.717) is 34.3 Å². The zero-order chi connectivity index (χ0) is 26.9. The molecule has 0 radical (unpaired) electrons. The van der Waals surface area contributed by atoms with Crippen LogP contribution in [-0.2, 0) is 14.4 Å². The van der Waals surface area contributed by atoms with Gasteiger partial charge in [-0.1, -0.05) is 29.8 Å². The fourth-order valence-corrected chi connectivity index (χ4v) is 6.47. The van der Waals surface area contributed by atoms with Gasteiger partial charge in [0.05, 0.1) is 23.0 Å². The molecular formula is C28H26ClN3O5S. The van der Waals surface area contributed by atoms with Crippen LogP contribution in [0.5, 0.6) is 0 Å². The van der Waals surface area contributed by atoms with Crippen LogP contribution < -0.4 is 10.6 Å². The van der Waals surface area contributed by atoms with E-state index < -0.39 is 23.3 Å². The van der Waals surface area contributed by atoms with Gasteiger partial charge in [-0.3, -0.25) is 9.59 Å². The summed E-state index contributed by atoms with van der Waals surface area (Å²) in [6, 6.07) is 7.08. The third kappa shape index (κ3) is 5.02. The zero-order valence-electron chi connectivity index (χ0n) is 20.4. The zero-order valence-corrected chi connectivity index (χ0v) is 22.0. The molecule has 1 aromatic carbocycles. The van der Waals surface area contributed by atoms with Crippen molar-refractivity contribution in [2.45, 2.75) is 42.6 Å². The van der Waals surface area contributed by atoms with E-state index in [4.69, 9.17) is 11.6 Å². The van der Waals surface area contributed by atoms with E-state index in [-0.39, 0.29) is 23.8 Å². The smallest absolute Gasteiger partial charge is 0.334 e. The van der Waals surface area contributed by atoms with Crippen molar-refractivity contribution in [1.82, 2.24) is 10.6 Å². The van der Waals surface area contributed by atoms with Crippen LogP contribution in [0.2, 0.25) is 4.34 Å². The molecule has 1 saturated carbocycles. The van der Waals surface area contributed by atoms with Gasteiger partial charge in [-0.25, -0.2) is 14.6 Å². The molecule has 10 heteroatoms. The number of carboxylic acids is 1. The SMILES string of the molecule is O=C=NCC1(NC(=O)c2ccc(C3CCNCC3=O)c(C3CC3)c2)C(C(=O)O)=CC=CC1c1csc(Cl)c1. The largest absolute Gasteiger partial charge is 0.478 e. The molecule has 5 rings (SSSR count). The molecule has 1 aromatic heterocycles. The van der Waals surface area contributed by atoms with Gasteiger partial charge in [0.15, 0.2) is 5.78 Å². The lowest BCUT2D eigenvalue weighted by atomic mass is 9.71. The van der Waals surface area contributed by atoms with Crippen molar-refractivity contribution in [3.63, 3.8) is 0 Å². The number of halogens is 1. The average molecular weight is 552 g/mol. The maximum Gasteiger partial charge on any atom is 0.334 e. The van der Waals surface area contributed by atoms with E-state index in [2.05, 4.69) is 15.6 Å². The van der Waals surface area contributed by atoms with Crippen molar-refractivity contribution in [3.05, 3.63) is 80.0 Å². The fraction of sp³-hybridized carbons (Fsp3) is 0.357. The quantitative estimate of drug-likeness (QED) is 0.335. The number of carbonyl (C=O) groups is 3. The Morgan fingerprint density at radius 1 is 1.24 bits per heavy atom. The maximum absolute atomic E-state index is 13.8. The summed E-state index contributed by atoms with van der Waals surface area (Å²) in [5, 5.41) is 17.9. The van der Waals surface area contributed by atoms with E-state index in [1.54, 1.807) is 29.7 Å². The highest BCUT2D eigenvalue weighted by Gasteiger charge is 2.48. The number of amides is 1. The van der Waals surface area contributed by atoms with Crippen LogP contribution in [0.15, 0.2) is 58.4 Å². The minimum atomic E-state index is -1.55. The summed E-state index contributed by atoms with van der Waals surface area (Å²) in [6.07, 6.45) is 8.98. The number of nitrogens with one attached hydrogen (secondary N) is 2. The van der Waals surface area contributed by atoms with Gasteiger partial charge in [-0.2, -0.15) is 0 Å². The van der Waals surface area contributed by atoms with E-state index in [9.17, 15) is 24.3 Å². The van der Waals surface area contributed by atoms with Crippen LogP contribution in [0.25, 0.3) is 0 Å². The molecule has 1 saturated heterocycles. The molecule has 2 heterocycles. The first-order valence-corrected chi connectivity index (χ1v) is 13.7. The van der Waals surface area contributed by atoms with Crippen molar-refractivity contribution in [2.75, 3.05) is 19.6 Å². The molecule has 38 heavy (non-hydrogen) atoms. The predicted octanol–water partition coefficient (Wildman–Crippen LogP) is 4.09. The van der Waals surface area contributed by atoms with Gasteiger partial charge >= 0.3 is 5.97 Å². The molecule has 3 aliphatic rings. The average Bonchev–Trinajstić information content (AvgIpc) is 3.67. The molecule has 2 aliphatic carbocycles. The van der Waals surface area contributed by atoms with Crippen molar-refractivity contribution in [2.24, 2.45) is 4.99 Å². The molecule has 1 aliphatic heterocycles. The number of allylic oxidation sites excluding steroid dienone is 2. The predicted molar refractivity (Wildman–Crippen MR) is 144 cm³/mol. The number of benzene rings is 1. The monoisotopic (exact) mass is 551 g/mol. The summed E-state index contributed by atoms with van der Waals surface area (Å²) < 4.78 is 0.510. The van der Waals surface area contributed by atoms with Gasteiger partial charge in [0, 0.05) is 17.4 Å². The second kappa shape index (κ2) is 10.8. The number of Topliss-reactive ketones (excluding diaryl/α,β-unsaturated/α-hetero) is 1. The molecule has 1 amide bonds. The Labute approximate surface area is 228 Å². The fourth-order valence-electron chi connectivity index (χ4n) is 5.54. The van der Waals surface area contributed by atoms with Crippen LogP contribution in [-0.4, -0.2) is 54.0 Å². The highest BCUT2D eigenvalue weighted by Crippen LogP contribution is 2.45. The standard InChI is InChI=1S/C28H26ClN3O5S/c29-25-11-18(13-38-25)22-2-1-3-23(27(36)37)28(22,14-31-15-33)32-26(35)17-6-7-19(21(10-17)16-4-5-16)20-8-9-30-12-24(20)34/h1-3,6-7,10-11,13,16,20,22,30H,4-5,8-9,12,14H2,(H,32,35)(H,36,37). The number of aliphatic imine (C=N–C) groups is 1. The highest BCUT2D eigenvalue weighted by molar-refractivity contribution is 7.14. The second-order valence-corrected chi connectivity index (χ2v) is 11.4. The summed E-state index contributed by atoms with van der Waals surface area (Å²) in [4.78, 5) is 53.7. The number of carboxylic acid groups (broad SMARTS) is 1. The summed E-state index contributed by atoms with van der Waals surface area (Å²) >= 11 is 7.47. The lowest BCUT2D eigenvalue weighted by Gasteiger charge is -2.41. The molecule has 0 spiro atoms. The number of hydrogen-bond donors (Lipinski definition) is 3. The molecule has 3 N–H and O–H groups in total. The van der Waals surface area contributed by atoms with Crippen molar-refractivity contribution in [1.29, 1.82) is 0 Å². The number of rotatable bonds is 8. The van der Waals surface area contributed by atoms with Gasteiger partial charge < -0.3 is 15.7 Å². The number of ketones is 1. The highest BCUT2D eigenvalue weighted by atomic mass is 35.5. The number of isocyanates is 1. The minimum Gasteiger partial charge on any atom is -0.478 e. The Morgan fingerprint density at radius 3 is 2.71 bits per heavy atom. The number of aliphatic carboxylic acids is 1. The summed E-state index contributed by atoms with van der Waals surface area (Å²) in [5.41, 5.74) is 1.36. The molecule has 196 valence electrons. The molecule has 2 aromatic rings. The van der Waals surface area contributed by atoms with Crippen molar-refractivity contribution < 1.29 is 24.3 Å². The third-order valence-electron chi connectivity index (χ3n) is 7.52. The number of carbonyl (C=O) groups excluding carboxylic acids is 3. The molecular weight excluding hydrogens is 526 g/mol. The number of thiophene rings is 1. The number of piperidine rings is 1.